The van der Waals surface area contributed by atoms with Gasteiger partial charge in [-0.3, -0.25) is 4.79 Å². The van der Waals surface area contributed by atoms with Crippen molar-refractivity contribution < 1.29 is 19.1 Å². The lowest BCUT2D eigenvalue weighted by molar-refractivity contribution is 0.0606. The summed E-state index contributed by atoms with van der Waals surface area (Å²) in [5.41, 5.74) is 0.806. The number of thiophene rings is 1. The first kappa shape index (κ1) is 17.3. The molecule has 2 aromatic rings. The first-order chi connectivity index (χ1) is 11.0. The maximum atomic E-state index is 12.5. The summed E-state index contributed by atoms with van der Waals surface area (Å²) in [6.07, 6.45) is 0. The minimum absolute atomic E-state index is 0.188. The molecule has 0 unspecified atom stereocenters. The van der Waals surface area contributed by atoms with Gasteiger partial charge < -0.3 is 14.4 Å². The second-order valence-corrected chi connectivity index (χ2v) is 6.29. The number of ether oxygens (including phenoxy) is 2. The van der Waals surface area contributed by atoms with Gasteiger partial charge in [-0.15, -0.1) is 11.3 Å². The van der Waals surface area contributed by atoms with Crippen LogP contribution in [0.4, 0.5) is 0 Å². The lowest BCUT2D eigenvalue weighted by Gasteiger charge is -2.18. The van der Waals surface area contributed by atoms with E-state index in [2.05, 4.69) is 4.74 Å². The zero-order valence-electron chi connectivity index (χ0n) is 13.0. The van der Waals surface area contributed by atoms with E-state index in [-0.39, 0.29) is 5.91 Å². The molecule has 23 heavy (non-hydrogen) atoms. The van der Waals surface area contributed by atoms with Crippen LogP contribution >= 0.6 is 22.9 Å². The molecule has 0 aliphatic carbocycles. The Morgan fingerprint density at radius 3 is 2.52 bits per heavy atom. The summed E-state index contributed by atoms with van der Waals surface area (Å²) in [5, 5.41) is 0.575. The molecular formula is C16H16ClNO4S. The summed E-state index contributed by atoms with van der Waals surface area (Å²) in [6.45, 7) is 0.341. The molecule has 0 atom stereocenters. The number of nitrogens with zero attached hydrogens (tertiary/aromatic N) is 1. The molecule has 0 bridgehead atoms. The van der Waals surface area contributed by atoms with Crippen LogP contribution in [-0.2, 0) is 11.3 Å². The van der Waals surface area contributed by atoms with E-state index in [0.29, 0.717) is 27.1 Å². The molecule has 1 aromatic carbocycles. The lowest BCUT2D eigenvalue weighted by atomic mass is 10.2. The van der Waals surface area contributed by atoms with E-state index in [9.17, 15) is 9.59 Å². The number of carbonyl (C=O) groups is 2. The van der Waals surface area contributed by atoms with Gasteiger partial charge >= 0.3 is 5.97 Å². The molecule has 0 aliphatic heterocycles. The zero-order chi connectivity index (χ0) is 17.0. The number of methoxy groups -OCH3 is 2. The summed E-state index contributed by atoms with van der Waals surface area (Å²) < 4.78 is 9.93. The van der Waals surface area contributed by atoms with Crippen molar-refractivity contribution >= 4 is 34.8 Å². The van der Waals surface area contributed by atoms with Gasteiger partial charge in [0.25, 0.3) is 5.91 Å². The van der Waals surface area contributed by atoms with Crippen LogP contribution in [-0.4, -0.2) is 38.0 Å². The van der Waals surface area contributed by atoms with E-state index < -0.39 is 5.97 Å². The van der Waals surface area contributed by atoms with E-state index >= 15 is 0 Å². The molecule has 5 nitrogen and oxygen atoms in total. The quantitative estimate of drug-likeness (QED) is 0.772. The number of benzene rings is 1. The van der Waals surface area contributed by atoms with Gasteiger partial charge in [-0.1, -0.05) is 11.6 Å². The molecular weight excluding hydrogens is 338 g/mol. The molecule has 0 fully saturated rings. The predicted molar refractivity (Wildman–Crippen MR) is 89.5 cm³/mol. The molecule has 0 saturated carbocycles. The summed E-state index contributed by atoms with van der Waals surface area (Å²) in [7, 11) is 4.55. The van der Waals surface area contributed by atoms with Crippen molar-refractivity contribution in [2.24, 2.45) is 0 Å². The van der Waals surface area contributed by atoms with Crippen LogP contribution < -0.4 is 4.74 Å². The highest BCUT2D eigenvalue weighted by Gasteiger charge is 2.18. The minimum Gasteiger partial charge on any atom is -0.496 e. The SMILES string of the molecule is COC(=O)c1ccc(C(=O)N(C)Cc2cc(Cl)ccc2OC)s1. The van der Waals surface area contributed by atoms with Gasteiger partial charge in [0.15, 0.2) is 0 Å². The van der Waals surface area contributed by atoms with E-state index in [1.54, 1.807) is 49.4 Å². The standard InChI is InChI=1S/C16H16ClNO4S/c1-18(9-10-8-11(17)4-5-12(10)21-2)15(19)13-6-7-14(23-13)16(20)22-3/h4-8H,9H2,1-3H3. The maximum absolute atomic E-state index is 12.5. The Morgan fingerprint density at radius 2 is 1.87 bits per heavy atom. The second kappa shape index (κ2) is 7.48. The number of amides is 1. The Balaban J connectivity index is 2.16. The van der Waals surface area contributed by atoms with E-state index in [1.165, 1.54) is 7.11 Å². The van der Waals surface area contributed by atoms with Crippen LogP contribution in [0.15, 0.2) is 30.3 Å². The molecule has 0 N–H and O–H groups in total. The lowest BCUT2D eigenvalue weighted by Crippen LogP contribution is -2.25. The highest BCUT2D eigenvalue weighted by molar-refractivity contribution is 7.15. The Morgan fingerprint density at radius 1 is 1.17 bits per heavy atom. The van der Waals surface area contributed by atoms with E-state index in [4.69, 9.17) is 16.3 Å². The topological polar surface area (TPSA) is 55.8 Å². The highest BCUT2D eigenvalue weighted by Crippen LogP contribution is 2.25. The molecule has 7 heteroatoms. The Kier molecular flexibility index (Phi) is 5.63. The predicted octanol–water partition coefficient (Wildman–Crippen LogP) is 3.47. The normalized spacial score (nSPS) is 10.3. The number of halogens is 1. The van der Waals surface area contributed by atoms with Crippen molar-refractivity contribution in [3.05, 3.63) is 50.7 Å². The smallest absolute Gasteiger partial charge is 0.348 e. The fourth-order valence-corrected chi connectivity index (χ4v) is 3.16. The molecule has 1 aromatic heterocycles. The number of esters is 1. The van der Waals surface area contributed by atoms with Crippen LogP contribution in [0.25, 0.3) is 0 Å². The Bertz CT molecular complexity index is 729. The summed E-state index contributed by atoms with van der Waals surface area (Å²) in [5.74, 6) is 0.0240. The van der Waals surface area contributed by atoms with Gasteiger partial charge in [-0.05, 0) is 30.3 Å². The fourth-order valence-electron chi connectivity index (χ4n) is 2.05. The second-order valence-electron chi connectivity index (χ2n) is 4.77. The van der Waals surface area contributed by atoms with Gasteiger partial charge in [-0.2, -0.15) is 0 Å². The molecule has 1 heterocycles. The van der Waals surface area contributed by atoms with Gasteiger partial charge in [0, 0.05) is 24.2 Å². The first-order valence-corrected chi connectivity index (χ1v) is 7.91. The largest absolute Gasteiger partial charge is 0.496 e. The monoisotopic (exact) mass is 353 g/mol. The van der Waals surface area contributed by atoms with E-state index in [1.807, 2.05) is 0 Å². The van der Waals surface area contributed by atoms with Gasteiger partial charge in [0.05, 0.1) is 19.1 Å². The molecule has 122 valence electrons. The third-order valence-corrected chi connectivity index (χ3v) is 4.49. The average Bonchev–Trinajstić information content (AvgIpc) is 3.03. The number of hydrogen-bond donors (Lipinski definition) is 0. The Hall–Kier alpha value is -2.05. The number of rotatable bonds is 5. The number of hydrogen-bond acceptors (Lipinski definition) is 5. The summed E-state index contributed by atoms with van der Waals surface area (Å²) in [4.78, 5) is 26.3. The molecule has 0 aliphatic rings. The van der Waals surface area contributed by atoms with Crippen molar-refractivity contribution in [2.75, 3.05) is 21.3 Å². The van der Waals surface area contributed by atoms with Gasteiger partial charge in [-0.25, -0.2) is 4.79 Å². The molecule has 0 radical (unpaired) electrons. The van der Waals surface area contributed by atoms with Crippen LogP contribution in [0.2, 0.25) is 5.02 Å². The van der Waals surface area contributed by atoms with Gasteiger partial charge in [0.1, 0.15) is 10.6 Å². The molecule has 0 saturated heterocycles. The van der Waals surface area contributed by atoms with Crippen LogP contribution in [0.3, 0.4) is 0 Å². The Labute approximate surface area is 143 Å². The van der Waals surface area contributed by atoms with Crippen LogP contribution in [0.1, 0.15) is 24.9 Å². The maximum Gasteiger partial charge on any atom is 0.348 e. The van der Waals surface area contributed by atoms with Crippen molar-refractivity contribution in [1.82, 2.24) is 4.90 Å². The minimum atomic E-state index is -0.451. The summed E-state index contributed by atoms with van der Waals surface area (Å²) in [6, 6.07) is 8.45. The zero-order valence-corrected chi connectivity index (χ0v) is 14.5. The van der Waals surface area contributed by atoms with Crippen molar-refractivity contribution in [3.8, 4) is 5.75 Å². The highest BCUT2D eigenvalue weighted by atomic mass is 35.5. The first-order valence-electron chi connectivity index (χ1n) is 6.72. The van der Waals surface area contributed by atoms with Crippen molar-refractivity contribution in [3.63, 3.8) is 0 Å². The third kappa shape index (κ3) is 4.03. The summed E-state index contributed by atoms with van der Waals surface area (Å²) >= 11 is 7.10. The fraction of sp³-hybridized carbons (Fsp3) is 0.250. The molecule has 0 spiro atoms. The van der Waals surface area contributed by atoms with Crippen LogP contribution in [0.5, 0.6) is 5.75 Å². The third-order valence-electron chi connectivity index (χ3n) is 3.20. The molecule has 2 rings (SSSR count). The van der Waals surface area contributed by atoms with Crippen molar-refractivity contribution in [1.29, 1.82) is 0 Å². The number of carbonyl (C=O) groups excluding carboxylic acids is 2. The van der Waals surface area contributed by atoms with Gasteiger partial charge in [0.2, 0.25) is 0 Å². The van der Waals surface area contributed by atoms with E-state index in [0.717, 1.165) is 16.9 Å². The van der Waals surface area contributed by atoms with Crippen LogP contribution in [0, 0.1) is 0 Å². The molecule has 1 amide bonds. The van der Waals surface area contributed by atoms with Crippen molar-refractivity contribution in [2.45, 2.75) is 6.54 Å². The average molecular weight is 354 g/mol.